The Labute approximate surface area is 222 Å². The van der Waals surface area contributed by atoms with E-state index in [1.54, 1.807) is 4.90 Å². The van der Waals surface area contributed by atoms with E-state index in [1.165, 1.54) is 23.8 Å². The Morgan fingerprint density at radius 3 is 2.71 bits per heavy atom. The summed E-state index contributed by atoms with van der Waals surface area (Å²) in [7, 11) is 1.42. The fourth-order valence-corrected chi connectivity index (χ4v) is 6.65. The minimum atomic E-state index is -0.692. The van der Waals surface area contributed by atoms with Gasteiger partial charge in [-0.05, 0) is 74.3 Å². The molecule has 2 aliphatic heterocycles. The molecule has 0 saturated heterocycles. The number of carboxylic acid groups (broad SMARTS) is 1. The summed E-state index contributed by atoms with van der Waals surface area (Å²) < 4.78 is 13.1. The summed E-state index contributed by atoms with van der Waals surface area (Å²) >= 11 is 0. The van der Waals surface area contributed by atoms with Crippen LogP contribution in [-0.4, -0.2) is 51.9 Å². The SMILES string of the molecule is COC(=O)N1CCc2ccc3c(nc([C@H]4CC[C@H](C(=O)O)CC4)n3[C@H](C)Cc3ccc4c(c3)CCO4)c2C1. The highest BCUT2D eigenvalue weighted by Crippen LogP contribution is 2.40. The van der Waals surface area contributed by atoms with Gasteiger partial charge in [0.15, 0.2) is 0 Å². The molecule has 1 aromatic heterocycles. The Bertz CT molecular complexity index is 1390. The van der Waals surface area contributed by atoms with E-state index in [4.69, 9.17) is 14.5 Å². The molecule has 1 saturated carbocycles. The number of amides is 1. The van der Waals surface area contributed by atoms with Crippen LogP contribution in [0.25, 0.3) is 11.0 Å². The number of aliphatic carboxylic acids is 1. The Balaban J connectivity index is 1.39. The zero-order valence-corrected chi connectivity index (χ0v) is 22.1. The number of carbonyl (C=O) groups is 2. The van der Waals surface area contributed by atoms with Gasteiger partial charge in [0.05, 0.1) is 37.2 Å². The summed E-state index contributed by atoms with van der Waals surface area (Å²) in [4.78, 5) is 30.9. The molecule has 8 heteroatoms. The highest BCUT2D eigenvalue weighted by atomic mass is 16.5. The van der Waals surface area contributed by atoms with Crippen LogP contribution in [0, 0.1) is 5.92 Å². The fourth-order valence-electron chi connectivity index (χ4n) is 6.65. The van der Waals surface area contributed by atoms with Gasteiger partial charge >= 0.3 is 12.1 Å². The second-order valence-corrected chi connectivity index (χ2v) is 11.0. The van der Waals surface area contributed by atoms with Gasteiger partial charge in [0.25, 0.3) is 0 Å². The molecule has 1 N–H and O–H groups in total. The van der Waals surface area contributed by atoms with Crippen molar-refractivity contribution in [3.63, 3.8) is 0 Å². The van der Waals surface area contributed by atoms with Crippen molar-refractivity contribution in [1.29, 1.82) is 0 Å². The molecule has 8 nitrogen and oxygen atoms in total. The third kappa shape index (κ3) is 4.40. The first-order valence-corrected chi connectivity index (χ1v) is 13.8. The van der Waals surface area contributed by atoms with Crippen molar-refractivity contribution in [3.8, 4) is 5.75 Å². The predicted octanol–water partition coefficient (Wildman–Crippen LogP) is 5.26. The number of aromatic nitrogens is 2. The Hall–Kier alpha value is -3.55. The molecule has 0 radical (unpaired) electrons. The van der Waals surface area contributed by atoms with Crippen molar-refractivity contribution < 1.29 is 24.2 Å². The minimum Gasteiger partial charge on any atom is -0.493 e. The van der Waals surface area contributed by atoms with E-state index >= 15 is 0 Å². The van der Waals surface area contributed by atoms with E-state index in [1.807, 2.05) is 0 Å². The number of rotatable bonds is 5. The summed E-state index contributed by atoms with van der Waals surface area (Å²) in [6, 6.07) is 11.1. The lowest BCUT2D eigenvalue weighted by molar-refractivity contribution is -0.142. The molecule has 200 valence electrons. The Kier molecular flexibility index (Phi) is 6.50. The average Bonchev–Trinajstić information content (AvgIpc) is 3.57. The van der Waals surface area contributed by atoms with Crippen molar-refractivity contribution in [2.45, 2.75) is 70.4 Å². The lowest BCUT2D eigenvalue weighted by Crippen LogP contribution is -2.35. The number of imidazole rings is 1. The molecule has 1 aliphatic carbocycles. The van der Waals surface area contributed by atoms with Gasteiger partial charge in [-0.25, -0.2) is 9.78 Å². The third-order valence-corrected chi connectivity index (χ3v) is 8.69. The fraction of sp³-hybridized carbons (Fsp3) is 0.500. The first-order chi connectivity index (χ1) is 18.4. The second kappa shape index (κ2) is 9.97. The van der Waals surface area contributed by atoms with Crippen molar-refractivity contribution in [2.75, 3.05) is 20.3 Å². The van der Waals surface area contributed by atoms with Crippen LogP contribution < -0.4 is 4.74 Å². The summed E-state index contributed by atoms with van der Waals surface area (Å²) in [5.74, 6) is 1.29. The number of benzene rings is 2. The number of hydrogen-bond donors (Lipinski definition) is 1. The van der Waals surface area contributed by atoms with E-state index in [-0.39, 0.29) is 24.0 Å². The first-order valence-electron chi connectivity index (χ1n) is 13.8. The highest BCUT2D eigenvalue weighted by Gasteiger charge is 2.32. The zero-order valence-electron chi connectivity index (χ0n) is 22.1. The van der Waals surface area contributed by atoms with Crippen molar-refractivity contribution in [2.24, 2.45) is 5.92 Å². The standard InChI is InChI=1S/C30H35N3O5/c1-18(15-19-3-10-26-23(16-19)12-14-38-26)33-25-9-8-20-11-13-32(30(36)37-2)17-24(20)27(25)31-28(33)21-4-6-22(7-5-21)29(34)35/h3,8-10,16,18,21-22H,4-7,11-15,17H2,1-2H3,(H,34,35)/t18-,21-,22-/m1/s1. The number of hydrogen-bond acceptors (Lipinski definition) is 5. The van der Waals surface area contributed by atoms with Crippen LogP contribution in [0.15, 0.2) is 30.3 Å². The van der Waals surface area contributed by atoms with Gasteiger partial charge in [0.2, 0.25) is 0 Å². The molecule has 3 heterocycles. The van der Waals surface area contributed by atoms with Crippen molar-refractivity contribution in [1.82, 2.24) is 14.5 Å². The number of methoxy groups -OCH3 is 1. The molecule has 1 amide bonds. The van der Waals surface area contributed by atoms with Crippen LogP contribution in [0.4, 0.5) is 4.79 Å². The van der Waals surface area contributed by atoms with Gasteiger partial charge in [0.1, 0.15) is 11.6 Å². The number of carbonyl (C=O) groups excluding carboxylic acids is 1. The van der Waals surface area contributed by atoms with Gasteiger partial charge in [0, 0.05) is 30.5 Å². The molecule has 3 aliphatic rings. The van der Waals surface area contributed by atoms with E-state index in [0.717, 1.165) is 66.9 Å². The number of fused-ring (bicyclic) bond motifs is 4. The number of nitrogens with zero attached hydrogens (tertiary/aromatic N) is 3. The van der Waals surface area contributed by atoms with Crippen molar-refractivity contribution in [3.05, 3.63) is 58.4 Å². The molecule has 6 rings (SSSR count). The maximum atomic E-state index is 12.3. The normalized spacial score (nSPS) is 21.5. The average molecular weight is 518 g/mol. The lowest BCUT2D eigenvalue weighted by Gasteiger charge is -2.28. The topological polar surface area (TPSA) is 93.9 Å². The Morgan fingerprint density at radius 2 is 1.95 bits per heavy atom. The van der Waals surface area contributed by atoms with E-state index < -0.39 is 5.97 Å². The van der Waals surface area contributed by atoms with Gasteiger partial charge in [-0.2, -0.15) is 0 Å². The van der Waals surface area contributed by atoms with E-state index in [2.05, 4.69) is 41.8 Å². The Morgan fingerprint density at radius 1 is 1.13 bits per heavy atom. The molecule has 1 fully saturated rings. The van der Waals surface area contributed by atoms with Crippen LogP contribution in [0.5, 0.6) is 5.75 Å². The minimum absolute atomic E-state index is 0.158. The number of ether oxygens (including phenoxy) is 2. The first kappa shape index (κ1) is 24.8. The highest BCUT2D eigenvalue weighted by molar-refractivity contribution is 5.82. The van der Waals surface area contributed by atoms with Crippen LogP contribution >= 0.6 is 0 Å². The van der Waals surface area contributed by atoms with Gasteiger partial charge in [-0.15, -0.1) is 0 Å². The van der Waals surface area contributed by atoms with Gasteiger partial charge in [-0.1, -0.05) is 18.2 Å². The molecule has 2 aromatic carbocycles. The molecule has 38 heavy (non-hydrogen) atoms. The molecule has 0 bridgehead atoms. The largest absolute Gasteiger partial charge is 0.493 e. The van der Waals surface area contributed by atoms with Gasteiger partial charge < -0.3 is 24.0 Å². The van der Waals surface area contributed by atoms with Crippen LogP contribution in [0.3, 0.4) is 0 Å². The molecule has 3 aromatic rings. The molecular weight excluding hydrogens is 482 g/mol. The van der Waals surface area contributed by atoms with E-state index in [0.29, 0.717) is 25.9 Å². The molecule has 1 atom stereocenters. The van der Waals surface area contributed by atoms with Crippen molar-refractivity contribution >= 4 is 23.1 Å². The predicted molar refractivity (Wildman–Crippen MR) is 143 cm³/mol. The zero-order chi connectivity index (χ0) is 26.4. The molecule has 0 unspecified atom stereocenters. The summed E-state index contributed by atoms with van der Waals surface area (Å²) in [6.07, 6.45) is 5.27. The molecular formula is C30H35N3O5. The summed E-state index contributed by atoms with van der Waals surface area (Å²) in [5.41, 5.74) is 6.92. The maximum Gasteiger partial charge on any atom is 0.409 e. The number of carboxylic acids is 1. The second-order valence-electron chi connectivity index (χ2n) is 11.0. The van der Waals surface area contributed by atoms with Gasteiger partial charge in [-0.3, -0.25) is 4.79 Å². The van der Waals surface area contributed by atoms with Crippen LogP contribution in [0.2, 0.25) is 0 Å². The quantitative estimate of drug-likeness (QED) is 0.496. The maximum absolute atomic E-state index is 12.3. The monoisotopic (exact) mass is 517 g/mol. The molecule has 0 spiro atoms. The van der Waals surface area contributed by atoms with Crippen LogP contribution in [-0.2, 0) is 35.3 Å². The summed E-state index contributed by atoms with van der Waals surface area (Å²) in [5, 5.41) is 9.53. The van der Waals surface area contributed by atoms with Crippen LogP contribution in [0.1, 0.15) is 72.6 Å². The third-order valence-electron chi connectivity index (χ3n) is 8.69. The lowest BCUT2D eigenvalue weighted by atomic mass is 9.81. The summed E-state index contributed by atoms with van der Waals surface area (Å²) in [6.45, 7) is 4.12. The van der Waals surface area contributed by atoms with E-state index in [9.17, 15) is 14.7 Å². The smallest absolute Gasteiger partial charge is 0.409 e.